The first-order valence-electron chi connectivity index (χ1n) is 9.01. The smallest absolute Gasteiger partial charge is 0.123 e. The van der Waals surface area contributed by atoms with E-state index in [0.29, 0.717) is 16.8 Å². The average Bonchev–Trinajstić information content (AvgIpc) is 2.98. The Morgan fingerprint density at radius 1 is 1.29 bits per heavy atom. The third-order valence-corrected chi connectivity index (χ3v) is 6.98. The highest BCUT2D eigenvalue weighted by atomic mass is 32.2. The van der Waals surface area contributed by atoms with E-state index < -0.39 is 0 Å². The highest BCUT2D eigenvalue weighted by Gasteiger charge is 2.49. The third kappa shape index (κ3) is 3.96. The summed E-state index contributed by atoms with van der Waals surface area (Å²) in [7, 11) is 0. The van der Waals surface area contributed by atoms with Crippen LogP contribution < -0.4 is 0 Å². The maximum Gasteiger partial charge on any atom is 0.123 e. The van der Waals surface area contributed by atoms with Crippen molar-refractivity contribution in [2.75, 3.05) is 38.7 Å². The number of hydrogen-bond donors (Lipinski definition) is 0. The molecule has 1 aromatic rings. The molecule has 0 unspecified atom stereocenters. The largest absolute Gasteiger partial charge is 0.381 e. The zero-order valence-corrected chi connectivity index (χ0v) is 14.9. The van der Waals surface area contributed by atoms with E-state index in [-0.39, 0.29) is 5.82 Å². The summed E-state index contributed by atoms with van der Waals surface area (Å²) in [6.45, 7) is 5.75. The second kappa shape index (κ2) is 7.32. The maximum atomic E-state index is 13.3. The van der Waals surface area contributed by atoms with E-state index in [9.17, 15) is 4.39 Å². The number of ether oxygens (including phenoxy) is 2. The van der Waals surface area contributed by atoms with Gasteiger partial charge in [0.05, 0.1) is 6.10 Å². The van der Waals surface area contributed by atoms with Crippen LogP contribution in [0.25, 0.3) is 0 Å². The lowest BCUT2D eigenvalue weighted by molar-refractivity contribution is -0.0133. The molecule has 0 bridgehead atoms. The van der Waals surface area contributed by atoms with Crippen LogP contribution in [-0.2, 0) is 16.0 Å². The van der Waals surface area contributed by atoms with Crippen LogP contribution in [0.2, 0.25) is 0 Å². The van der Waals surface area contributed by atoms with Crippen molar-refractivity contribution in [2.24, 2.45) is 5.92 Å². The molecule has 0 amide bonds. The SMILES string of the molecule is Fc1cccc(CN2CC3(C[C@@H](OCC4CCOCC4)CS3)C2)c1. The van der Waals surface area contributed by atoms with E-state index in [1.807, 2.05) is 6.07 Å². The molecule has 3 aliphatic rings. The van der Waals surface area contributed by atoms with Gasteiger partial charge in [-0.1, -0.05) is 12.1 Å². The summed E-state index contributed by atoms with van der Waals surface area (Å²) >= 11 is 2.08. The van der Waals surface area contributed by atoms with Crippen molar-refractivity contribution in [3.63, 3.8) is 0 Å². The van der Waals surface area contributed by atoms with Crippen molar-refractivity contribution in [2.45, 2.75) is 36.7 Å². The summed E-state index contributed by atoms with van der Waals surface area (Å²) in [5.74, 6) is 1.67. The molecule has 0 aliphatic carbocycles. The van der Waals surface area contributed by atoms with E-state index in [1.165, 1.54) is 12.5 Å². The molecule has 1 aromatic carbocycles. The van der Waals surface area contributed by atoms with Gasteiger partial charge in [-0.25, -0.2) is 4.39 Å². The number of benzene rings is 1. The van der Waals surface area contributed by atoms with Crippen LogP contribution in [0.3, 0.4) is 0 Å². The molecule has 132 valence electrons. The Labute approximate surface area is 147 Å². The fourth-order valence-electron chi connectivity index (χ4n) is 4.09. The van der Waals surface area contributed by atoms with Crippen molar-refractivity contribution < 1.29 is 13.9 Å². The summed E-state index contributed by atoms with van der Waals surface area (Å²) in [6.07, 6.45) is 3.87. The topological polar surface area (TPSA) is 21.7 Å². The summed E-state index contributed by atoms with van der Waals surface area (Å²) in [6, 6.07) is 6.96. The van der Waals surface area contributed by atoms with Crippen LogP contribution in [0, 0.1) is 11.7 Å². The Morgan fingerprint density at radius 2 is 2.12 bits per heavy atom. The highest BCUT2D eigenvalue weighted by Crippen LogP contribution is 2.46. The van der Waals surface area contributed by atoms with Gasteiger partial charge in [0.15, 0.2) is 0 Å². The maximum absolute atomic E-state index is 13.3. The molecule has 3 aliphatic heterocycles. The fraction of sp³-hybridized carbons (Fsp3) is 0.684. The fourth-order valence-corrected chi connectivity index (χ4v) is 5.69. The molecule has 3 fully saturated rings. The number of likely N-dealkylation sites (tertiary alicyclic amines) is 1. The minimum atomic E-state index is -0.139. The Hall–Kier alpha value is -0.620. The van der Waals surface area contributed by atoms with Crippen LogP contribution in [0.5, 0.6) is 0 Å². The molecule has 3 nitrogen and oxygen atoms in total. The number of halogens is 1. The molecule has 0 saturated carbocycles. The number of thioether (sulfide) groups is 1. The standard InChI is InChI=1S/C19H26FNO2S/c20-17-3-1-2-16(8-17)10-21-13-19(14-21)9-18(12-24-19)23-11-15-4-6-22-7-5-15/h1-3,8,15,18H,4-7,9-14H2/t18-/m1/s1. The van der Waals surface area contributed by atoms with Gasteiger partial charge in [-0.15, -0.1) is 11.8 Å². The molecule has 5 heteroatoms. The second-order valence-corrected chi connectivity index (χ2v) is 8.97. The molecule has 3 saturated heterocycles. The van der Waals surface area contributed by atoms with Crippen LogP contribution in [0.15, 0.2) is 24.3 Å². The number of nitrogens with zero attached hydrogens (tertiary/aromatic N) is 1. The average molecular weight is 351 g/mol. The molecule has 0 aromatic heterocycles. The van der Waals surface area contributed by atoms with E-state index in [1.54, 1.807) is 12.1 Å². The van der Waals surface area contributed by atoms with Gasteiger partial charge in [-0.3, -0.25) is 4.90 Å². The Bertz CT molecular complexity index is 558. The molecule has 1 spiro atoms. The van der Waals surface area contributed by atoms with Crippen LogP contribution in [0.4, 0.5) is 4.39 Å². The lowest BCUT2D eigenvalue weighted by Crippen LogP contribution is -2.58. The first-order chi connectivity index (χ1) is 11.7. The quantitative estimate of drug-likeness (QED) is 0.811. The molecule has 4 rings (SSSR count). The van der Waals surface area contributed by atoms with Crippen molar-refractivity contribution in [1.82, 2.24) is 4.90 Å². The summed E-state index contributed by atoms with van der Waals surface area (Å²) in [5.41, 5.74) is 1.07. The van der Waals surface area contributed by atoms with Gasteiger partial charge in [0.1, 0.15) is 5.82 Å². The molecule has 0 radical (unpaired) electrons. The normalized spacial score (nSPS) is 27.5. The van der Waals surface area contributed by atoms with Gasteiger partial charge in [0.2, 0.25) is 0 Å². The van der Waals surface area contributed by atoms with Crippen molar-refractivity contribution >= 4 is 11.8 Å². The Balaban J connectivity index is 1.20. The molecular weight excluding hydrogens is 325 g/mol. The van der Waals surface area contributed by atoms with Gasteiger partial charge in [-0.2, -0.15) is 0 Å². The summed E-state index contributed by atoms with van der Waals surface area (Å²) < 4.78 is 25.3. The zero-order chi connectivity index (χ0) is 16.4. The van der Waals surface area contributed by atoms with E-state index >= 15 is 0 Å². The molecule has 0 N–H and O–H groups in total. The minimum absolute atomic E-state index is 0.139. The second-order valence-electron chi connectivity index (χ2n) is 7.48. The number of rotatable bonds is 5. The van der Waals surface area contributed by atoms with Gasteiger partial charge in [0.25, 0.3) is 0 Å². The summed E-state index contributed by atoms with van der Waals surface area (Å²) in [4.78, 5) is 2.42. The highest BCUT2D eigenvalue weighted by molar-refractivity contribution is 8.01. The van der Waals surface area contributed by atoms with E-state index in [0.717, 1.165) is 63.6 Å². The lowest BCUT2D eigenvalue weighted by Gasteiger charge is -2.47. The van der Waals surface area contributed by atoms with Crippen LogP contribution in [-0.4, -0.2) is 54.4 Å². The Morgan fingerprint density at radius 3 is 2.92 bits per heavy atom. The van der Waals surface area contributed by atoms with Crippen molar-refractivity contribution in [3.05, 3.63) is 35.6 Å². The molecule has 3 heterocycles. The zero-order valence-electron chi connectivity index (χ0n) is 14.1. The van der Waals surface area contributed by atoms with E-state index in [4.69, 9.17) is 9.47 Å². The minimum Gasteiger partial charge on any atom is -0.381 e. The van der Waals surface area contributed by atoms with Gasteiger partial charge in [0, 0.05) is 50.0 Å². The van der Waals surface area contributed by atoms with Crippen LogP contribution >= 0.6 is 11.8 Å². The monoisotopic (exact) mass is 351 g/mol. The number of hydrogen-bond acceptors (Lipinski definition) is 4. The third-order valence-electron chi connectivity index (χ3n) is 5.40. The predicted molar refractivity (Wildman–Crippen MR) is 94.8 cm³/mol. The van der Waals surface area contributed by atoms with E-state index in [2.05, 4.69) is 16.7 Å². The van der Waals surface area contributed by atoms with Crippen LogP contribution in [0.1, 0.15) is 24.8 Å². The predicted octanol–water partition coefficient (Wildman–Crippen LogP) is 3.33. The molecule has 1 atom stereocenters. The first kappa shape index (κ1) is 16.8. The van der Waals surface area contributed by atoms with Crippen molar-refractivity contribution in [1.29, 1.82) is 0 Å². The van der Waals surface area contributed by atoms with Crippen molar-refractivity contribution in [3.8, 4) is 0 Å². The molecule has 24 heavy (non-hydrogen) atoms. The summed E-state index contributed by atoms with van der Waals surface area (Å²) in [5, 5.41) is 0. The van der Waals surface area contributed by atoms with Gasteiger partial charge >= 0.3 is 0 Å². The van der Waals surface area contributed by atoms with Gasteiger partial charge in [-0.05, 0) is 42.9 Å². The molecular formula is C19H26FNO2S. The first-order valence-corrected chi connectivity index (χ1v) is 9.99. The van der Waals surface area contributed by atoms with Gasteiger partial charge < -0.3 is 9.47 Å². The lowest BCUT2D eigenvalue weighted by atomic mass is 9.92. The Kier molecular flexibility index (Phi) is 5.13.